The molecule has 0 saturated carbocycles. The lowest BCUT2D eigenvalue weighted by Crippen LogP contribution is -2.46. The van der Waals surface area contributed by atoms with Gasteiger partial charge in [0.2, 0.25) is 5.91 Å². The van der Waals surface area contributed by atoms with E-state index >= 15 is 0 Å². The fourth-order valence-corrected chi connectivity index (χ4v) is 3.89. The number of hydrogen-bond acceptors (Lipinski definition) is 5. The van der Waals surface area contributed by atoms with Gasteiger partial charge in [-0.05, 0) is 36.6 Å². The second kappa shape index (κ2) is 7.50. The molecule has 1 atom stereocenters. The summed E-state index contributed by atoms with van der Waals surface area (Å²) in [7, 11) is 0. The van der Waals surface area contributed by atoms with Gasteiger partial charge >= 0.3 is 5.97 Å². The molecule has 2 aliphatic heterocycles. The number of amides is 3. The normalized spacial score (nSPS) is 17.8. The average molecular weight is 392 g/mol. The molecule has 0 saturated heterocycles. The van der Waals surface area contributed by atoms with Crippen molar-refractivity contribution in [2.45, 2.75) is 25.8 Å². The highest BCUT2D eigenvalue weighted by Crippen LogP contribution is 2.31. The molecule has 7 heteroatoms. The van der Waals surface area contributed by atoms with Gasteiger partial charge in [-0.1, -0.05) is 36.4 Å². The average Bonchev–Trinajstić information content (AvgIpc) is 3.05. The first-order valence-electron chi connectivity index (χ1n) is 9.44. The van der Waals surface area contributed by atoms with Crippen LogP contribution in [-0.2, 0) is 32.0 Å². The molecule has 7 nitrogen and oxygen atoms in total. The molecule has 148 valence electrons. The van der Waals surface area contributed by atoms with Crippen molar-refractivity contribution in [3.63, 3.8) is 0 Å². The molecule has 2 heterocycles. The fraction of sp³-hybridized carbons (Fsp3) is 0.273. The number of anilines is 1. The first kappa shape index (κ1) is 18.9. The lowest BCUT2D eigenvalue weighted by Gasteiger charge is -2.26. The van der Waals surface area contributed by atoms with Crippen LogP contribution in [0.3, 0.4) is 0 Å². The zero-order chi connectivity index (χ0) is 20.5. The maximum atomic E-state index is 12.6. The third-order valence-electron chi connectivity index (χ3n) is 5.26. The summed E-state index contributed by atoms with van der Waals surface area (Å²) >= 11 is 0. The van der Waals surface area contributed by atoms with Crippen molar-refractivity contribution in [2.75, 3.05) is 18.1 Å². The summed E-state index contributed by atoms with van der Waals surface area (Å²) < 4.78 is 5.09. The summed E-state index contributed by atoms with van der Waals surface area (Å²) in [6, 6.07) is 14.4. The number of imide groups is 1. The molecule has 4 rings (SSSR count). The van der Waals surface area contributed by atoms with E-state index in [1.54, 1.807) is 29.2 Å². The number of ether oxygens (including phenoxy) is 1. The molecule has 2 aromatic rings. The molecule has 0 fully saturated rings. The van der Waals surface area contributed by atoms with Gasteiger partial charge in [-0.25, -0.2) is 0 Å². The second-order valence-electron chi connectivity index (χ2n) is 7.23. The second-order valence-corrected chi connectivity index (χ2v) is 7.23. The number of fused-ring (bicyclic) bond motifs is 2. The Labute approximate surface area is 167 Å². The molecule has 0 unspecified atom stereocenters. The van der Waals surface area contributed by atoms with Gasteiger partial charge in [0.1, 0.15) is 6.54 Å². The van der Waals surface area contributed by atoms with Crippen LogP contribution < -0.4 is 4.90 Å². The SMILES string of the molecule is C[C@@H]1Cc2ccccc2N1C(=O)COC(=O)CN1C(=O)Cc2ccccc2C1=O. The number of benzene rings is 2. The standard InChI is InChI=1S/C22H20N2O5/c1-14-10-16-7-3-5-9-18(16)24(14)20(26)13-29-21(27)12-23-19(25)11-15-6-2-4-8-17(15)22(23)28/h2-9,14H,10-13H2,1H3/t14-/m1/s1. The van der Waals surface area contributed by atoms with E-state index in [4.69, 9.17) is 4.74 Å². The Morgan fingerprint density at radius 2 is 1.72 bits per heavy atom. The molecule has 0 aliphatic carbocycles. The maximum Gasteiger partial charge on any atom is 0.326 e. The van der Waals surface area contributed by atoms with Crippen LogP contribution in [0.1, 0.15) is 28.4 Å². The maximum absolute atomic E-state index is 12.6. The van der Waals surface area contributed by atoms with Gasteiger partial charge in [0.05, 0.1) is 6.42 Å². The van der Waals surface area contributed by atoms with E-state index in [9.17, 15) is 19.2 Å². The molecule has 0 spiro atoms. The van der Waals surface area contributed by atoms with Crippen molar-refractivity contribution in [3.8, 4) is 0 Å². The molecule has 2 aromatic carbocycles. The summed E-state index contributed by atoms with van der Waals surface area (Å²) in [5, 5.41) is 0. The van der Waals surface area contributed by atoms with Crippen LogP contribution >= 0.6 is 0 Å². The summed E-state index contributed by atoms with van der Waals surface area (Å²) in [6.45, 7) is 0.984. The largest absolute Gasteiger partial charge is 0.454 e. The van der Waals surface area contributed by atoms with Gasteiger partial charge in [-0.2, -0.15) is 0 Å². The Balaban J connectivity index is 1.38. The number of nitrogens with zero attached hydrogens (tertiary/aromatic N) is 2. The number of esters is 1. The van der Waals surface area contributed by atoms with Crippen LogP contribution in [0.15, 0.2) is 48.5 Å². The van der Waals surface area contributed by atoms with Gasteiger partial charge in [0, 0.05) is 17.3 Å². The van der Waals surface area contributed by atoms with Gasteiger partial charge < -0.3 is 9.64 Å². The number of hydrogen-bond donors (Lipinski definition) is 0. The van der Waals surface area contributed by atoms with Gasteiger partial charge in [0.25, 0.3) is 11.8 Å². The summed E-state index contributed by atoms with van der Waals surface area (Å²) in [5.74, 6) is -2.11. The molecular formula is C22H20N2O5. The summed E-state index contributed by atoms with van der Waals surface area (Å²) in [5.41, 5.74) is 2.93. The monoisotopic (exact) mass is 392 g/mol. The highest BCUT2D eigenvalue weighted by Gasteiger charge is 2.34. The topological polar surface area (TPSA) is 84.0 Å². The fourth-order valence-electron chi connectivity index (χ4n) is 3.89. The number of rotatable bonds is 4. The number of carbonyl (C=O) groups excluding carboxylic acids is 4. The Bertz CT molecular complexity index is 1020. The molecule has 3 amide bonds. The van der Waals surface area contributed by atoms with Crippen LogP contribution in [-0.4, -0.2) is 47.8 Å². The van der Waals surface area contributed by atoms with E-state index in [1.165, 1.54) is 0 Å². The lowest BCUT2D eigenvalue weighted by molar-refractivity contribution is -0.150. The zero-order valence-corrected chi connectivity index (χ0v) is 16.0. The minimum atomic E-state index is -0.792. The lowest BCUT2D eigenvalue weighted by atomic mass is 9.98. The first-order chi connectivity index (χ1) is 14.0. The van der Waals surface area contributed by atoms with E-state index in [1.807, 2.05) is 31.2 Å². The number of carbonyl (C=O) groups is 4. The Kier molecular flexibility index (Phi) is 4.88. The minimum absolute atomic E-state index is 0.0275. The van der Waals surface area contributed by atoms with E-state index in [0.29, 0.717) is 11.1 Å². The quantitative estimate of drug-likeness (QED) is 0.585. The Morgan fingerprint density at radius 3 is 2.52 bits per heavy atom. The van der Waals surface area contributed by atoms with Crippen LogP contribution in [0, 0.1) is 0 Å². The van der Waals surface area contributed by atoms with Gasteiger partial charge in [-0.3, -0.25) is 24.1 Å². The predicted octanol–water partition coefficient (Wildman–Crippen LogP) is 1.73. The van der Waals surface area contributed by atoms with Crippen molar-refractivity contribution >= 4 is 29.4 Å². The smallest absolute Gasteiger partial charge is 0.326 e. The number of para-hydroxylation sites is 1. The van der Waals surface area contributed by atoms with E-state index in [-0.39, 0.29) is 18.4 Å². The van der Waals surface area contributed by atoms with E-state index < -0.39 is 30.9 Å². The predicted molar refractivity (Wildman–Crippen MR) is 104 cm³/mol. The Morgan fingerprint density at radius 1 is 1.03 bits per heavy atom. The van der Waals surface area contributed by atoms with Crippen LogP contribution in [0.2, 0.25) is 0 Å². The van der Waals surface area contributed by atoms with Crippen molar-refractivity contribution in [1.82, 2.24) is 4.90 Å². The molecule has 29 heavy (non-hydrogen) atoms. The van der Waals surface area contributed by atoms with Crippen molar-refractivity contribution in [3.05, 3.63) is 65.2 Å². The molecule has 0 radical (unpaired) electrons. The third kappa shape index (κ3) is 3.51. The zero-order valence-electron chi connectivity index (χ0n) is 16.0. The Hall–Kier alpha value is -3.48. The summed E-state index contributed by atoms with van der Waals surface area (Å²) in [4.78, 5) is 52.1. The molecule has 0 N–H and O–H groups in total. The van der Waals surface area contributed by atoms with E-state index in [0.717, 1.165) is 22.6 Å². The molecule has 0 bridgehead atoms. The highest BCUT2D eigenvalue weighted by atomic mass is 16.5. The highest BCUT2D eigenvalue weighted by molar-refractivity contribution is 6.11. The first-order valence-corrected chi connectivity index (χ1v) is 9.44. The molecule has 0 aromatic heterocycles. The van der Waals surface area contributed by atoms with Crippen LogP contribution in [0.5, 0.6) is 0 Å². The van der Waals surface area contributed by atoms with Crippen molar-refractivity contribution in [1.29, 1.82) is 0 Å². The summed E-state index contributed by atoms with van der Waals surface area (Å²) in [6.07, 6.45) is 0.794. The van der Waals surface area contributed by atoms with Crippen LogP contribution in [0.4, 0.5) is 5.69 Å². The van der Waals surface area contributed by atoms with Crippen molar-refractivity contribution in [2.24, 2.45) is 0 Å². The van der Waals surface area contributed by atoms with Gasteiger partial charge in [0.15, 0.2) is 6.61 Å². The minimum Gasteiger partial charge on any atom is -0.454 e. The third-order valence-corrected chi connectivity index (χ3v) is 5.26. The van der Waals surface area contributed by atoms with Crippen molar-refractivity contribution < 1.29 is 23.9 Å². The molecule has 2 aliphatic rings. The molecular weight excluding hydrogens is 372 g/mol. The van der Waals surface area contributed by atoms with Crippen LogP contribution in [0.25, 0.3) is 0 Å². The van der Waals surface area contributed by atoms with Gasteiger partial charge in [-0.15, -0.1) is 0 Å². The van der Waals surface area contributed by atoms with E-state index in [2.05, 4.69) is 0 Å².